The molecule has 0 radical (unpaired) electrons. The first-order valence-corrected chi connectivity index (χ1v) is 12.6. The Kier molecular flexibility index (Phi) is 6.60. The van der Waals surface area contributed by atoms with Crippen molar-refractivity contribution in [1.82, 2.24) is 15.5 Å². The molecule has 0 aliphatic carbocycles. The molecule has 31 heavy (non-hydrogen) atoms. The fraction of sp³-hybridized carbons (Fsp3) is 0.750. The summed E-state index contributed by atoms with van der Waals surface area (Å²) in [5, 5.41) is 26.9. The van der Waals surface area contributed by atoms with E-state index in [1.165, 1.54) is 16.7 Å². The first kappa shape index (κ1) is 22.9. The van der Waals surface area contributed by atoms with Crippen molar-refractivity contribution in [1.29, 1.82) is 0 Å². The Balaban J connectivity index is 1.40. The molecule has 0 saturated carbocycles. The van der Waals surface area contributed by atoms with Crippen LogP contribution in [0.3, 0.4) is 0 Å². The Bertz CT molecular complexity index is 806. The van der Waals surface area contributed by atoms with Crippen LogP contribution in [-0.2, 0) is 19.1 Å². The van der Waals surface area contributed by atoms with E-state index >= 15 is 0 Å². The van der Waals surface area contributed by atoms with Crippen LogP contribution in [0.1, 0.15) is 27.2 Å². The maximum atomic E-state index is 12.5. The first-order chi connectivity index (χ1) is 14.7. The van der Waals surface area contributed by atoms with Gasteiger partial charge in [0.2, 0.25) is 5.91 Å². The molecule has 172 valence electrons. The number of carbonyl (C=O) groups is 3. The molecule has 4 aliphatic heterocycles. The van der Waals surface area contributed by atoms with Gasteiger partial charge in [-0.15, -0.1) is 23.5 Å². The number of aliphatic hydroxyl groups is 1. The summed E-state index contributed by atoms with van der Waals surface area (Å²) < 4.78 is 5.10. The van der Waals surface area contributed by atoms with Gasteiger partial charge >= 0.3 is 11.9 Å². The summed E-state index contributed by atoms with van der Waals surface area (Å²) in [6.45, 7) is 6.40. The van der Waals surface area contributed by atoms with Crippen molar-refractivity contribution in [2.24, 2.45) is 11.8 Å². The second kappa shape index (κ2) is 8.93. The van der Waals surface area contributed by atoms with Crippen molar-refractivity contribution >= 4 is 41.4 Å². The maximum Gasteiger partial charge on any atom is 0.353 e. The molecule has 4 aliphatic rings. The van der Waals surface area contributed by atoms with E-state index in [2.05, 4.69) is 10.6 Å². The molecule has 4 unspecified atom stereocenters. The molecule has 8 atom stereocenters. The van der Waals surface area contributed by atoms with Gasteiger partial charge in [-0.2, -0.15) is 0 Å². The number of aliphatic hydroxyl groups excluding tert-OH is 1. The second-order valence-electron chi connectivity index (χ2n) is 8.49. The van der Waals surface area contributed by atoms with E-state index in [1.807, 2.05) is 6.92 Å². The minimum atomic E-state index is -1.10. The third-order valence-corrected chi connectivity index (χ3v) is 9.33. The lowest BCUT2D eigenvalue weighted by molar-refractivity contribution is -0.163. The summed E-state index contributed by atoms with van der Waals surface area (Å²) in [5.74, 6) is -1.62. The number of esters is 1. The van der Waals surface area contributed by atoms with E-state index < -0.39 is 18.0 Å². The van der Waals surface area contributed by atoms with Crippen molar-refractivity contribution in [2.75, 3.05) is 18.9 Å². The third kappa shape index (κ3) is 3.99. The van der Waals surface area contributed by atoms with Crippen LogP contribution in [-0.4, -0.2) is 86.7 Å². The lowest BCUT2D eigenvalue weighted by atomic mass is 9.79. The largest absolute Gasteiger partial charge is 0.477 e. The highest BCUT2D eigenvalue weighted by Gasteiger charge is 2.60. The van der Waals surface area contributed by atoms with Crippen LogP contribution in [0.15, 0.2) is 10.6 Å². The van der Waals surface area contributed by atoms with Crippen molar-refractivity contribution in [3.05, 3.63) is 10.6 Å². The van der Waals surface area contributed by atoms with Gasteiger partial charge < -0.3 is 25.2 Å². The number of carbonyl (C=O) groups excluding carboxylic acids is 2. The molecule has 9 nitrogen and oxygen atoms in total. The second-order valence-corrected chi connectivity index (χ2v) is 11.0. The summed E-state index contributed by atoms with van der Waals surface area (Å²) in [6, 6.07) is -0.425. The standard InChI is InChI=1S/C20H29N3O6S2/c1-4-29-20(28)12-7-30-17(22-12)11-5-10(6-21-11)31-16-8(2)14-13(9(3)24)18(25)23(14)15(16)19(26)27/h8-14,17,21-22,24H,4-7H2,1-3H3,(H,26,27)/t8-,9-,10+,11+,12?,13?,14?,17?/m1/s1. The van der Waals surface area contributed by atoms with Crippen molar-refractivity contribution in [3.63, 3.8) is 0 Å². The van der Waals surface area contributed by atoms with Gasteiger partial charge in [-0.25, -0.2) is 4.79 Å². The lowest BCUT2D eigenvalue weighted by Gasteiger charge is -2.46. The zero-order valence-corrected chi connectivity index (χ0v) is 19.4. The molecular weight excluding hydrogens is 442 g/mol. The van der Waals surface area contributed by atoms with Crippen LogP contribution in [0.5, 0.6) is 0 Å². The quantitative estimate of drug-likeness (QED) is 0.302. The first-order valence-electron chi connectivity index (χ1n) is 10.7. The number of nitrogens with zero attached hydrogens (tertiary/aromatic N) is 1. The molecule has 0 aromatic heterocycles. The SMILES string of the molecule is CCOC(=O)C1CSC([C@@H]2C[C@H](SC3=C(C(=O)O)N4C(=O)C([C@@H](C)O)C4[C@H]3C)CN2)N1. The van der Waals surface area contributed by atoms with Crippen LogP contribution < -0.4 is 10.6 Å². The molecule has 4 rings (SSSR count). The minimum Gasteiger partial charge on any atom is -0.477 e. The molecule has 4 N–H and O–H groups in total. The van der Waals surface area contributed by atoms with Crippen molar-refractivity contribution < 1.29 is 29.3 Å². The predicted molar refractivity (Wildman–Crippen MR) is 117 cm³/mol. The summed E-state index contributed by atoms with van der Waals surface area (Å²) in [4.78, 5) is 38.5. The number of thioether (sulfide) groups is 2. The number of hydrogen-bond donors (Lipinski definition) is 4. The fourth-order valence-electron chi connectivity index (χ4n) is 5.02. The topological polar surface area (TPSA) is 128 Å². The van der Waals surface area contributed by atoms with E-state index in [1.54, 1.807) is 25.6 Å². The summed E-state index contributed by atoms with van der Waals surface area (Å²) in [7, 11) is 0. The van der Waals surface area contributed by atoms with Crippen LogP contribution in [0.4, 0.5) is 0 Å². The molecular formula is C20H29N3O6S2. The van der Waals surface area contributed by atoms with Gasteiger partial charge in [0.1, 0.15) is 11.7 Å². The monoisotopic (exact) mass is 471 g/mol. The summed E-state index contributed by atoms with van der Waals surface area (Å²) in [5.41, 5.74) is 0.0728. The van der Waals surface area contributed by atoms with Gasteiger partial charge in [0, 0.05) is 34.4 Å². The molecule has 3 fully saturated rings. The van der Waals surface area contributed by atoms with Gasteiger partial charge in [-0.05, 0) is 20.3 Å². The van der Waals surface area contributed by atoms with Crippen molar-refractivity contribution in [2.45, 2.75) is 62.0 Å². The van der Waals surface area contributed by atoms with Crippen LogP contribution in [0, 0.1) is 11.8 Å². The van der Waals surface area contributed by atoms with Crippen LogP contribution >= 0.6 is 23.5 Å². The smallest absolute Gasteiger partial charge is 0.353 e. The number of carboxylic acid groups (broad SMARTS) is 1. The average molecular weight is 472 g/mol. The number of nitrogens with one attached hydrogen (secondary N) is 2. The third-order valence-electron chi connectivity index (χ3n) is 6.47. The van der Waals surface area contributed by atoms with Gasteiger partial charge in [-0.1, -0.05) is 6.92 Å². The lowest BCUT2D eigenvalue weighted by Crippen LogP contribution is -2.63. The number of fused-ring (bicyclic) bond motifs is 1. The van der Waals surface area contributed by atoms with Gasteiger partial charge in [-0.3, -0.25) is 14.9 Å². The molecule has 0 spiro atoms. The fourth-order valence-corrected chi connectivity index (χ4v) is 7.84. The van der Waals surface area contributed by atoms with Gasteiger partial charge in [0.05, 0.1) is 30.0 Å². The van der Waals surface area contributed by atoms with Crippen molar-refractivity contribution in [3.8, 4) is 0 Å². The number of ether oxygens (including phenoxy) is 1. The zero-order chi connectivity index (χ0) is 22.4. The number of β-lactam (4-membered cyclic amide) rings is 1. The zero-order valence-electron chi connectivity index (χ0n) is 17.7. The highest BCUT2D eigenvalue weighted by atomic mass is 32.2. The molecule has 0 bridgehead atoms. The summed E-state index contributed by atoms with van der Waals surface area (Å²) in [6.07, 6.45) is 0.0258. The van der Waals surface area contributed by atoms with Gasteiger partial charge in [0.25, 0.3) is 0 Å². The minimum absolute atomic E-state index is 0.0728. The van der Waals surface area contributed by atoms with E-state index in [0.29, 0.717) is 12.4 Å². The number of hydrogen-bond acceptors (Lipinski definition) is 9. The normalized spacial score (nSPS) is 38.3. The Morgan fingerprint density at radius 1 is 1.42 bits per heavy atom. The molecule has 11 heteroatoms. The molecule has 3 saturated heterocycles. The van der Waals surface area contributed by atoms with Crippen LogP contribution in [0.25, 0.3) is 0 Å². The Morgan fingerprint density at radius 3 is 2.81 bits per heavy atom. The number of aliphatic carboxylic acids is 1. The predicted octanol–water partition coefficient (Wildman–Crippen LogP) is 0.198. The van der Waals surface area contributed by atoms with E-state index in [0.717, 1.165) is 17.9 Å². The Morgan fingerprint density at radius 2 is 2.16 bits per heavy atom. The maximum absolute atomic E-state index is 12.5. The number of carboxylic acids is 1. The molecule has 4 heterocycles. The molecule has 0 aromatic carbocycles. The average Bonchev–Trinajstić information content (AvgIpc) is 3.40. The van der Waals surface area contributed by atoms with Crippen LogP contribution in [0.2, 0.25) is 0 Å². The summed E-state index contributed by atoms with van der Waals surface area (Å²) >= 11 is 3.23. The Labute approximate surface area is 189 Å². The number of rotatable bonds is 7. The molecule has 0 aromatic rings. The highest BCUT2D eigenvalue weighted by molar-refractivity contribution is 8.03. The van der Waals surface area contributed by atoms with E-state index in [-0.39, 0.29) is 52.2 Å². The van der Waals surface area contributed by atoms with Gasteiger partial charge in [0.15, 0.2) is 0 Å². The number of amides is 1. The highest BCUT2D eigenvalue weighted by Crippen LogP contribution is 2.52. The Hall–Kier alpha value is -1.27. The van der Waals surface area contributed by atoms with E-state index in [4.69, 9.17) is 4.74 Å². The van der Waals surface area contributed by atoms with E-state index in [9.17, 15) is 24.6 Å². The molecule has 1 amide bonds.